The smallest absolute Gasteiger partial charge is 0.253 e. The highest BCUT2D eigenvalue weighted by Gasteiger charge is 2.11. The predicted molar refractivity (Wildman–Crippen MR) is 64.5 cm³/mol. The van der Waals surface area contributed by atoms with Crippen molar-refractivity contribution in [1.82, 2.24) is 5.32 Å². The van der Waals surface area contributed by atoms with Gasteiger partial charge >= 0.3 is 0 Å². The van der Waals surface area contributed by atoms with Crippen molar-refractivity contribution in [2.75, 3.05) is 12.8 Å². The maximum Gasteiger partial charge on any atom is 0.253 e. The van der Waals surface area contributed by atoms with E-state index in [2.05, 4.69) is 11.9 Å². The number of rotatable bonds is 4. The Hall–Kier alpha value is -1.97. The molecule has 86 valence electrons. The normalized spacial score (nSPS) is 11.6. The van der Waals surface area contributed by atoms with E-state index in [0.717, 1.165) is 0 Å². The van der Waals surface area contributed by atoms with E-state index in [0.29, 0.717) is 17.0 Å². The quantitative estimate of drug-likeness (QED) is 0.598. The van der Waals surface area contributed by atoms with Crippen molar-refractivity contribution in [2.24, 2.45) is 0 Å². The van der Waals surface area contributed by atoms with Crippen LogP contribution in [0.2, 0.25) is 0 Å². The van der Waals surface area contributed by atoms with Gasteiger partial charge in [0.15, 0.2) is 0 Å². The summed E-state index contributed by atoms with van der Waals surface area (Å²) in [5.41, 5.74) is 6.58. The molecule has 1 atom stereocenters. The Bertz CT molecular complexity index is 402. The van der Waals surface area contributed by atoms with E-state index in [1.54, 1.807) is 31.4 Å². The Labute approximate surface area is 95.1 Å². The zero-order valence-electron chi connectivity index (χ0n) is 9.49. The SMILES string of the molecule is C=CC(C)NC(=O)c1ccc(OC)cc1N. The molecule has 1 aromatic carbocycles. The number of benzene rings is 1. The van der Waals surface area contributed by atoms with Gasteiger partial charge in [-0.1, -0.05) is 6.08 Å². The summed E-state index contributed by atoms with van der Waals surface area (Å²) in [6.07, 6.45) is 1.65. The lowest BCUT2D eigenvalue weighted by molar-refractivity contribution is 0.0948. The highest BCUT2D eigenvalue weighted by molar-refractivity contribution is 5.99. The summed E-state index contributed by atoms with van der Waals surface area (Å²) in [7, 11) is 1.55. The summed E-state index contributed by atoms with van der Waals surface area (Å²) in [6, 6.07) is 4.87. The lowest BCUT2D eigenvalue weighted by atomic mass is 10.1. The van der Waals surface area contributed by atoms with E-state index in [-0.39, 0.29) is 11.9 Å². The monoisotopic (exact) mass is 220 g/mol. The van der Waals surface area contributed by atoms with Gasteiger partial charge in [0.2, 0.25) is 0 Å². The predicted octanol–water partition coefficient (Wildman–Crippen LogP) is 1.58. The molecule has 0 bridgehead atoms. The Morgan fingerprint density at radius 2 is 2.31 bits per heavy atom. The number of carbonyl (C=O) groups excluding carboxylic acids is 1. The molecule has 0 spiro atoms. The maximum atomic E-state index is 11.8. The second-order valence-corrected chi connectivity index (χ2v) is 3.45. The van der Waals surface area contributed by atoms with Crippen molar-refractivity contribution in [3.63, 3.8) is 0 Å². The fourth-order valence-corrected chi connectivity index (χ4v) is 1.22. The van der Waals surface area contributed by atoms with Gasteiger partial charge in [-0.25, -0.2) is 0 Å². The van der Waals surface area contributed by atoms with Crippen molar-refractivity contribution in [3.05, 3.63) is 36.4 Å². The third kappa shape index (κ3) is 2.76. The zero-order chi connectivity index (χ0) is 12.1. The molecule has 0 saturated carbocycles. The van der Waals surface area contributed by atoms with Gasteiger partial charge in [0, 0.05) is 17.8 Å². The zero-order valence-corrected chi connectivity index (χ0v) is 9.49. The average molecular weight is 220 g/mol. The maximum absolute atomic E-state index is 11.8. The minimum absolute atomic E-state index is 0.0889. The van der Waals surface area contributed by atoms with Gasteiger partial charge in [-0.05, 0) is 19.1 Å². The van der Waals surface area contributed by atoms with E-state index < -0.39 is 0 Å². The van der Waals surface area contributed by atoms with Gasteiger partial charge in [0.1, 0.15) is 5.75 Å². The summed E-state index contributed by atoms with van der Waals surface area (Å²) in [6.45, 7) is 5.43. The van der Waals surface area contributed by atoms with Gasteiger partial charge in [-0.15, -0.1) is 6.58 Å². The number of carbonyl (C=O) groups is 1. The molecule has 0 fully saturated rings. The number of anilines is 1. The number of methoxy groups -OCH3 is 1. The molecule has 1 aromatic rings. The molecule has 1 unspecified atom stereocenters. The summed E-state index contributed by atoms with van der Waals surface area (Å²) in [5.74, 6) is 0.415. The van der Waals surface area contributed by atoms with Crippen LogP contribution in [0.5, 0.6) is 5.75 Å². The van der Waals surface area contributed by atoms with Crippen molar-refractivity contribution in [2.45, 2.75) is 13.0 Å². The van der Waals surface area contributed by atoms with E-state index >= 15 is 0 Å². The van der Waals surface area contributed by atoms with Gasteiger partial charge < -0.3 is 15.8 Å². The molecule has 0 radical (unpaired) electrons. The van der Waals surface area contributed by atoms with Crippen LogP contribution in [0, 0.1) is 0 Å². The number of nitrogens with two attached hydrogens (primary N) is 1. The third-order valence-corrected chi connectivity index (χ3v) is 2.22. The lowest BCUT2D eigenvalue weighted by Crippen LogP contribution is -2.31. The summed E-state index contributed by atoms with van der Waals surface area (Å²) >= 11 is 0. The van der Waals surface area contributed by atoms with Crippen LogP contribution in [0.25, 0.3) is 0 Å². The third-order valence-electron chi connectivity index (χ3n) is 2.22. The molecule has 3 N–H and O–H groups in total. The van der Waals surface area contributed by atoms with Crippen molar-refractivity contribution >= 4 is 11.6 Å². The van der Waals surface area contributed by atoms with E-state index in [4.69, 9.17) is 10.5 Å². The number of nitrogen functional groups attached to an aromatic ring is 1. The summed E-state index contributed by atoms with van der Waals surface area (Å²) < 4.78 is 5.00. The first-order valence-corrected chi connectivity index (χ1v) is 4.95. The molecule has 4 heteroatoms. The summed E-state index contributed by atoms with van der Waals surface area (Å²) in [4.78, 5) is 11.8. The minimum atomic E-state index is -0.215. The Kier molecular flexibility index (Phi) is 3.94. The molecule has 0 aliphatic heterocycles. The standard InChI is InChI=1S/C12H16N2O2/c1-4-8(2)14-12(15)10-6-5-9(16-3)7-11(10)13/h4-8H,1,13H2,2-3H3,(H,14,15). The van der Waals surface area contributed by atoms with Gasteiger partial charge in [0.05, 0.1) is 12.7 Å². The highest BCUT2D eigenvalue weighted by Crippen LogP contribution is 2.19. The van der Waals surface area contributed by atoms with Crippen molar-refractivity contribution < 1.29 is 9.53 Å². The van der Waals surface area contributed by atoms with E-state index in [1.807, 2.05) is 6.92 Å². The fourth-order valence-electron chi connectivity index (χ4n) is 1.22. The largest absolute Gasteiger partial charge is 0.497 e. The molecular formula is C12H16N2O2. The molecular weight excluding hydrogens is 204 g/mol. The molecule has 0 aliphatic carbocycles. The van der Waals surface area contributed by atoms with Crippen LogP contribution < -0.4 is 15.8 Å². The molecule has 1 rings (SSSR count). The average Bonchev–Trinajstić information content (AvgIpc) is 2.28. The van der Waals surface area contributed by atoms with Crippen LogP contribution in [-0.4, -0.2) is 19.1 Å². The van der Waals surface area contributed by atoms with Crippen LogP contribution in [0.4, 0.5) is 5.69 Å². The second kappa shape index (κ2) is 5.21. The molecule has 1 amide bonds. The topological polar surface area (TPSA) is 64.3 Å². The van der Waals surface area contributed by atoms with Crippen molar-refractivity contribution in [1.29, 1.82) is 0 Å². The highest BCUT2D eigenvalue weighted by atomic mass is 16.5. The molecule has 0 heterocycles. The molecule has 0 aliphatic rings. The van der Waals surface area contributed by atoms with Crippen LogP contribution in [0.1, 0.15) is 17.3 Å². The first-order chi connectivity index (χ1) is 7.58. The Balaban J connectivity index is 2.87. The number of amides is 1. The first kappa shape index (κ1) is 12.1. The van der Waals surface area contributed by atoms with Crippen LogP contribution in [0.15, 0.2) is 30.9 Å². The van der Waals surface area contributed by atoms with Crippen LogP contribution in [-0.2, 0) is 0 Å². The lowest BCUT2D eigenvalue weighted by Gasteiger charge is -2.11. The number of nitrogens with one attached hydrogen (secondary N) is 1. The molecule has 4 nitrogen and oxygen atoms in total. The number of hydrogen-bond acceptors (Lipinski definition) is 3. The minimum Gasteiger partial charge on any atom is -0.497 e. The number of ether oxygens (including phenoxy) is 1. The van der Waals surface area contributed by atoms with E-state index in [9.17, 15) is 4.79 Å². The van der Waals surface area contributed by atoms with Gasteiger partial charge in [-0.2, -0.15) is 0 Å². The Morgan fingerprint density at radius 1 is 1.62 bits per heavy atom. The molecule has 16 heavy (non-hydrogen) atoms. The van der Waals surface area contributed by atoms with Crippen LogP contribution in [0.3, 0.4) is 0 Å². The Morgan fingerprint density at radius 3 is 2.81 bits per heavy atom. The number of hydrogen-bond donors (Lipinski definition) is 2. The van der Waals surface area contributed by atoms with Crippen LogP contribution >= 0.6 is 0 Å². The van der Waals surface area contributed by atoms with Gasteiger partial charge in [0.25, 0.3) is 5.91 Å². The summed E-state index contributed by atoms with van der Waals surface area (Å²) in [5, 5.41) is 2.75. The molecule has 0 aromatic heterocycles. The fraction of sp³-hybridized carbons (Fsp3) is 0.250. The second-order valence-electron chi connectivity index (χ2n) is 3.45. The van der Waals surface area contributed by atoms with Crippen molar-refractivity contribution in [3.8, 4) is 5.75 Å². The first-order valence-electron chi connectivity index (χ1n) is 4.95. The van der Waals surface area contributed by atoms with E-state index in [1.165, 1.54) is 0 Å². The molecule has 0 saturated heterocycles. The van der Waals surface area contributed by atoms with Gasteiger partial charge in [-0.3, -0.25) is 4.79 Å².